The van der Waals surface area contributed by atoms with E-state index < -0.39 is 0 Å². The van der Waals surface area contributed by atoms with Crippen molar-refractivity contribution in [2.75, 3.05) is 38.1 Å². The number of nitrogens with one attached hydrogen (secondary N) is 1. The fourth-order valence-corrected chi connectivity index (χ4v) is 2.42. The van der Waals surface area contributed by atoms with Crippen LogP contribution in [0.25, 0.3) is 0 Å². The maximum absolute atomic E-state index is 5.37. The van der Waals surface area contributed by atoms with Gasteiger partial charge in [0.2, 0.25) is 5.88 Å². The van der Waals surface area contributed by atoms with Crippen molar-refractivity contribution in [1.29, 1.82) is 0 Å². The van der Waals surface area contributed by atoms with Gasteiger partial charge in [0.25, 0.3) is 0 Å². The van der Waals surface area contributed by atoms with Crippen LogP contribution in [-0.2, 0) is 0 Å². The minimum Gasteiger partial charge on any atom is -0.478 e. The molecule has 0 spiro atoms. The van der Waals surface area contributed by atoms with E-state index in [0.717, 1.165) is 18.3 Å². The van der Waals surface area contributed by atoms with Crippen LogP contribution in [0, 0.1) is 5.92 Å². The van der Waals surface area contributed by atoms with E-state index in [1.165, 1.54) is 32.5 Å². The van der Waals surface area contributed by atoms with E-state index in [9.17, 15) is 0 Å². The molecule has 1 fully saturated rings. The van der Waals surface area contributed by atoms with Gasteiger partial charge >= 0.3 is 0 Å². The van der Waals surface area contributed by atoms with Crippen molar-refractivity contribution in [2.45, 2.75) is 26.7 Å². The summed E-state index contributed by atoms with van der Waals surface area (Å²) in [7, 11) is 0. The number of likely N-dealkylation sites (tertiary alicyclic amines) is 1. The Kier molecular flexibility index (Phi) is 5.39. The molecular formula is C14H24N4O. The van der Waals surface area contributed by atoms with Gasteiger partial charge in [0.15, 0.2) is 0 Å². The van der Waals surface area contributed by atoms with Crippen molar-refractivity contribution in [1.82, 2.24) is 14.9 Å². The van der Waals surface area contributed by atoms with Gasteiger partial charge in [-0.3, -0.25) is 0 Å². The Hall–Kier alpha value is -1.36. The quantitative estimate of drug-likeness (QED) is 0.852. The third-order valence-electron chi connectivity index (χ3n) is 3.66. The number of rotatable bonds is 6. The summed E-state index contributed by atoms with van der Waals surface area (Å²) in [6.07, 6.45) is 4.08. The van der Waals surface area contributed by atoms with E-state index >= 15 is 0 Å². The monoisotopic (exact) mass is 264 g/mol. The molecule has 1 saturated heterocycles. The molecule has 19 heavy (non-hydrogen) atoms. The average Bonchev–Trinajstić information content (AvgIpc) is 2.46. The first kappa shape index (κ1) is 14.1. The number of piperidine rings is 1. The van der Waals surface area contributed by atoms with Gasteiger partial charge in [0, 0.05) is 12.6 Å². The molecule has 1 aliphatic rings. The first-order chi connectivity index (χ1) is 9.31. The molecule has 2 heterocycles. The van der Waals surface area contributed by atoms with Crippen LogP contribution in [0.2, 0.25) is 0 Å². The largest absolute Gasteiger partial charge is 0.478 e. The number of aromatic nitrogens is 2. The summed E-state index contributed by atoms with van der Waals surface area (Å²) in [6.45, 7) is 9.41. The number of ether oxygens (including phenoxy) is 1. The zero-order chi connectivity index (χ0) is 13.5. The van der Waals surface area contributed by atoms with Crippen molar-refractivity contribution >= 4 is 5.82 Å². The highest BCUT2D eigenvalue weighted by atomic mass is 16.5. The second-order valence-corrected chi connectivity index (χ2v) is 4.93. The van der Waals surface area contributed by atoms with Crippen LogP contribution in [0.4, 0.5) is 5.82 Å². The summed E-state index contributed by atoms with van der Waals surface area (Å²) < 4.78 is 5.37. The first-order valence-electron chi connectivity index (χ1n) is 7.22. The Bertz CT molecular complexity index is 377. The van der Waals surface area contributed by atoms with Gasteiger partial charge in [-0.2, -0.15) is 0 Å². The fourth-order valence-electron chi connectivity index (χ4n) is 2.42. The summed E-state index contributed by atoms with van der Waals surface area (Å²) in [5.41, 5.74) is 0. The predicted molar refractivity (Wildman–Crippen MR) is 76.5 cm³/mol. The van der Waals surface area contributed by atoms with Crippen LogP contribution in [-0.4, -0.2) is 47.7 Å². The second kappa shape index (κ2) is 7.28. The topological polar surface area (TPSA) is 50.3 Å². The maximum atomic E-state index is 5.37. The van der Waals surface area contributed by atoms with Crippen LogP contribution >= 0.6 is 0 Å². The lowest BCUT2D eigenvalue weighted by Crippen LogP contribution is -2.35. The second-order valence-electron chi connectivity index (χ2n) is 4.93. The predicted octanol–water partition coefficient (Wildman–Crippen LogP) is 2.02. The van der Waals surface area contributed by atoms with Gasteiger partial charge in [-0.05, 0) is 45.3 Å². The molecular weight excluding hydrogens is 240 g/mol. The van der Waals surface area contributed by atoms with Crippen LogP contribution in [0.3, 0.4) is 0 Å². The standard InChI is InChI=1S/C14H24N4O/c1-3-18-7-5-12(6-8-18)10-15-13-9-14(19-4-2)17-11-16-13/h9,11-12H,3-8,10H2,1-2H3,(H,15,16,17). The molecule has 2 rings (SSSR count). The van der Waals surface area contributed by atoms with Gasteiger partial charge < -0.3 is 15.0 Å². The summed E-state index contributed by atoms with van der Waals surface area (Å²) in [4.78, 5) is 10.8. The van der Waals surface area contributed by atoms with Gasteiger partial charge in [-0.15, -0.1) is 0 Å². The Labute approximate surface area is 115 Å². The SMILES string of the molecule is CCOc1cc(NCC2CCN(CC)CC2)ncn1. The van der Waals surface area contributed by atoms with Crippen molar-refractivity contribution in [2.24, 2.45) is 5.92 Å². The third kappa shape index (κ3) is 4.35. The highest BCUT2D eigenvalue weighted by Gasteiger charge is 2.17. The van der Waals surface area contributed by atoms with E-state index in [1.807, 2.05) is 13.0 Å². The van der Waals surface area contributed by atoms with Crippen molar-refractivity contribution in [3.63, 3.8) is 0 Å². The molecule has 0 aromatic carbocycles. The van der Waals surface area contributed by atoms with Crippen molar-refractivity contribution < 1.29 is 4.74 Å². The summed E-state index contributed by atoms with van der Waals surface area (Å²) in [5.74, 6) is 2.24. The molecule has 1 N–H and O–H groups in total. The molecule has 106 valence electrons. The average molecular weight is 264 g/mol. The third-order valence-corrected chi connectivity index (χ3v) is 3.66. The van der Waals surface area contributed by atoms with Crippen LogP contribution in [0.15, 0.2) is 12.4 Å². The Morgan fingerprint density at radius 3 is 2.79 bits per heavy atom. The fraction of sp³-hybridized carbons (Fsp3) is 0.714. The Morgan fingerprint density at radius 2 is 2.11 bits per heavy atom. The molecule has 1 aliphatic heterocycles. The van der Waals surface area contributed by atoms with E-state index in [0.29, 0.717) is 12.5 Å². The first-order valence-corrected chi connectivity index (χ1v) is 7.22. The van der Waals surface area contributed by atoms with Gasteiger partial charge in [0.1, 0.15) is 12.1 Å². The number of hydrogen-bond acceptors (Lipinski definition) is 5. The van der Waals surface area contributed by atoms with Crippen LogP contribution in [0.5, 0.6) is 5.88 Å². The Morgan fingerprint density at radius 1 is 1.32 bits per heavy atom. The summed E-state index contributed by atoms with van der Waals surface area (Å²) in [6, 6.07) is 1.87. The summed E-state index contributed by atoms with van der Waals surface area (Å²) in [5, 5.41) is 3.40. The number of nitrogens with zero attached hydrogens (tertiary/aromatic N) is 3. The molecule has 0 atom stereocenters. The number of anilines is 1. The van der Waals surface area contributed by atoms with E-state index in [2.05, 4.69) is 27.1 Å². The molecule has 5 nitrogen and oxygen atoms in total. The zero-order valence-corrected chi connectivity index (χ0v) is 11.9. The molecule has 1 aromatic rings. The molecule has 0 aliphatic carbocycles. The zero-order valence-electron chi connectivity index (χ0n) is 11.9. The van der Waals surface area contributed by atoms with Gasteiger partial charge in [-0.25, -0.2) is 9.97 Å². The molecule has 0 unspecified atom stereocenters. The maximum Gasteiger partial charge on any atom is 0.218 e. The van der Waals surface area contributed by atoms with E-state index in [-0.39, 0.29) is 0 Å². The molecule has 0 saturated carbocycles. The molecule has 0 bridgehead atoms. The lowest BCUT2D eigenvalue weighted by Gasteiger charge is -2.31. The van der Waals surface area contributed by atoms with E-state index in [4.69, 9.17) is 4.74 Å². The lowest BCUT2D eigenvalue weighted by atomic mass is 9.97. The number of hydrogen-bond donors (Lipinski definition) is 1. The molecule has 0 radical (unpaired) electrons. The van der Waals surface area contributed by atoms with Gasteiger partial charge in [0.05, 0.1) is 6.61 Å². The Balaban J connectivity index is 1.77. The molecule has 0 amide bonds. The van der Waals surface area contributed by atoms with Crippen molar-refractivity contribution in [3.8, 4) is 5.88 Å². The van der Waals surface area contributed by atoms with E-state index in [1.54, 1.807) is 6.33 Å². The van der Waals surface area contributed by atoms with Crippen molar-refractivity contribution in [3.05, 3.63) is 12.4 Å². The minimum atomic E-state index is 0.631. The molecule has 1 aromatic heterocycles. The highest BCUT2D eigenvalue weighted by Crippen LogP contribution is 2.18. The normalized spacial score (nSPS) is 17.4. The molecule has 5 heteroatoms. The van der Waals surface area contributed by atoms with Crippen LogP contribution < -0.4 is 10.1 Å². The smallest absolute Gasteiger partial charge is 0.218 e. The lowest BCUT2D eigenvalue weighted by molar-refractivity contribution is 0.198. The van der Waals surface area contributed by atoms with Gasteiger partial charge in [-0.1, -0.05) is 6.92 Å². The van der Waals surface area contributed by atoms with Crippen LogP contribution in [0.1, 0.15) is 26.7 Å². The summed E-state index contributed by atoms with van der Waals surface area (Å²) >= 11 is 0. The highest BCUT2D eigenvalue weighted by molar-refractivity contribution is 5.37. The minimum absolute atomic E-state index is 0.631.